The van der Waals surface area contributed by atoms with Gasteiger partial charge in [0.25, 0.3) is 0 Å². The molecule has 0 aliphatic carbocycles. The monoisotopic (exact) mass is 340 g/mol. The first kappa shape index (κ1) is 17.1. The second kappa shape index (κ2) is 6.31. The molecule has 0 aromatic carbocycles. The molecule has 0 radical (unpaired) electrons. The number of pyridine rings is 1. The minimum Gasteiger partial charge on any atom is -0.347 e. The van der Waals surface area contributed by atoms with Crippen LogP contribution in [0.3, 0.4) is 0 Å². The molecule has 0 spiro atoms. The van der Waals surface area contributed by atoms with E-state index in [1.165, 1.54) is 0 Å². The van der Waals surface area contributed by atoms with Gasteiger partial charge in [-0.05, 0) is 24.5 Å². The van der Waals surface area contributed by atoms with E-state index in [1.807, 2.05) is 32.3 Å². The lowest BCUT2D eigenvalue weighted by atomic mass is 9.83. The first-order valence-electron chi connectivity index (χ1n) is 8.32. The molecule has 0 aliphatic rings. The molecule has 0 fully saturated rings. The number of aromatic nitrogens is 5. The maximum atomic E-state index is 12.7. The summed E-state index contributed by atoms with van der Waals surface area (Å²) in [6, 6.07) is 3.70. The molecule has 1 amide bonds. The van der Waals surface area contributed by atoms with Crippen molar-refractivity contribution in [2.75, 3.05) is 0 Å². The molecule has 3 heterocycles. The van der Waals surface area contributed by atoms with Gasteiger partial charge >= 0.3 is 0 Å². The van der Waals surface area contributed by atoms with Crippen LogP contribution in [0.25, 0.3) is 11.0 Å². The van der Waals surface area contributed by atoms with E-state index in [9.17, 15) is 4.79 Å². The van der Waals surface area contributed by atoms with Crippen LogP contribution in [0.2, 0.25) is 0 Å². The van der Waals surface area contributed by atoms with E-state index < -0.39 is 0 Å². The van der Waals surface area contributed by atoms with Crippen LogP contribution >= 0.6 is 0 Å². The summed E-state index contributed by atoms with van der Waals surface area (Å²) in [5.41, 5.74) is 2.45. The summed E-state index contributed by atoms with van der Waals surface area (Å²) in [6.07, 6.45) is 5.45. The Morgan fingerprint density at radius 2 is 2.12 bits per heavy atom. The fraction of sp³-hybridized carbons (Fsp3) is 0.444. The van der Waals surface area contributed by atoms with Crippen molar-refractivity contribution in [2.24, 2.45) is 12.5 Å². The van der Waals surface area contributed by atoms with Crippen molar-refractivity contribution >= 4 is 16.9 Å². The van der Waals surface area contributed by atoms with Gasteiger partial charge in [-0.15, -0.1) is 0 Å². The second-order valence-corrected chi connectivity index (χ2v) is 7.43. The van der Waals surface area contributed by atoms with Crippen molar-refractivity contribution in [2.45, 2.75) is 40.3 Å². The summed E-state index contributed by atoms with van der Waals surface area (Å²) in [6.45, 7) is 8.35. The number of carbonyl (C=O) groups is 1. The van der Waals surface area contributed by atoms with Crippen LogP contribution in [0.1, 0.15) is 38.1 Å². The van der Waals surface area contributed by atoms with Crippen molar-refractivity contribution in [3.63, 3.8) is 0 Å². The molecule has 7 heteroatoms. The van der Waals surface area contributed by atoms with Crippen molar-refractivity contribution < 1.29 is 4.79 Å². The Morgan fingerprint density at radius 1 is 1.36 bits per heavy atom. The molecule has 0 saturated heterocycles. The smallest absolute Gasteiger partial charge is 0.242 e. The highest BCUT2D eigenvalue weighted by molar-refractivity contribution is 5.81. The number of carbonyl (C=O) groups excluding carboxylic acids is 1. The van der Waals surface area contributed by atoms with Crippen LogP contribution < -0.4 is 5.32 Å². The van der Waals surface area contributed by atoms with Gasteiger partial charge in [-0.25, -0.2) is 9.67 Å². The average molecular weight is 340 g/mol. The third-order valence-electron chi connectivity index (χ3n) is 4.21. The summed E-state index contributed by atoms with van der Waals surface area (Å²) in [5, 5.41) is 12.8. The van der Waals surface area contributed by atoms with E-state index in [0.29, 0.717) is 0 Å². The topological polar surface area (TPSA) is 77.6 Å². The lowest BCUT2D eigenvalue weighted by Crippen LogP contribution is -2.38. The predicted molar refractivity (Wildman–Crippen MR) is 95.8 cm³/mol. The van der Waals surface area contributed by atoms with E-state index in [2.05, 4.69) is 41.3 Å². The van der Waals surface area contributed by atoms with E-state index in [0.717, 1.165) is 22.3 Å². The summed E-state index contributed by atoms with van der Waals surface area (Å²) >= 11 is 0. The lowest BCUT2D eigenvalue weighted by Gasteiger charge is -2.30. The van der Waals surface area contributed by atoms with Gasteiger partial charge < -0.3 is 5.32 Å². The van der Waals surface area contributed by atoms with Crippen molar-refractivity contribution in [3.8, 4) is 0 Å². The van der Waals surface area contributed by atoms with Crippen LogP contribution in [0, 0.1) is 12.3 Å². The Morgan fingerprint density at radius 3 is 2.76 bits per heavy atom. The highest BCUT2D eigenvalue weighted by Gasteiger charge is 2.29. The Balaban J connectivity index is 1.82. The van der Waals surface area contributed by atoms with Crippen LogP contribution in [0.5, 0.6) is 0 Å². The minimum atomic E-state index is -0.140. The van der Waals surface area contributed by atoms with Gasteiger partial charge in [-0.2, -0.15) is 10.2 Å². The van der Waals surface area contributed by atoms with E-state index in [4.69, 9.17) is 0 Å². The Hall–Kier alpha value is -2.70. The van der Waals surface area contributed by atoms with Crippen molar-refractivity contribution in [3.05, 3.63) is 42.0 Å². The standard InChI is InChI=1S/C18H24N6O/c1-12-14-7-6-8-19-17(14)24(22-12)11-15(25)21-16(18(2,3)4)13-9-20-23(5)10-13/h6-10,16H,11H2,1-5H3,(H,21,25)/t16-/m1/s1. The molecule has 25 heavy (non-hydrogen) atoms. The first-order chi connectivity index (χ1) is 11.8. The van der Waals surface area contributed by atoms with Gasteiger partial charge in [0.15, 0.2) is 5.65 Å². The van der Waals surface area contributed by atoms with Crippen LogP contribution in [0.4, 0.5) is 0 Å². The zero-order valence-corrected chi connectivity index (χ0v) is 15.3. The van der Waals surface area contributed by atoms with Gasteiger partial charge in [0.05, 0.1) is 17.9 Å². The van der Waals surface area contributed by atoms with Crippen LogP contribution in [-0.2, 0) is 18.4 Å². The normalized spacial score (nSPS) is 13.2. The molecule has 0 saturated carbocycles. The highest BCUT2D eigenvalue weighted by Crippen LogP contribution is 2.32. The number of nitrogens with zero attached hydrogens (tertiary/aromatic N) is 5. The van der Waals surface area contributed by atoms with Gasteiger partial charge in [0.2, 0.25) is 5.91 Å². The maximum Gasteiger partial charge on any atom is 0.242 e. The Kier molecular flexibility index (Phi) is 4.32. The van der Waals surface area contributed by atoms with Gasteiger partial charge in [-0.1, -0.05) is 20.8 Å². The minimum absolute atomic E-state index is 0.0983. The predicted octanol–water partition coefficient (Wildman–Crippen LogP) is 2.38. The molecule has 1 N–H and O–H groups in total. The van der Waals surface area contributed by atoms with Crippen molar-refractivity contribution in [1.82, 2.24) is 29.9 Å². The van der Waals surface area contributed by atoms with Crippen LogP contribution in [0.15, 0.2) is 30.7 Å². The van der Waals surface area contributed by atoms with E-state index in [-0.39, 0.29) is 23.9 Å². The van der Waals surface area contributed by atoms with Gasteiger partial charge in [0.1, 0.15) is 6.54 Å². The fourth-order valence-electron chi connectivity index (χ4n) is 3.01. The summed E-state index contributed by atoms with van der Waals surface area (Å²) < 4.78 is 3.40. The number of hydrogen-bond acceptors (Lipinski definition) is 4. The lowest BCUT2D eigenvalue weighted by molar-refractivity contribution is -0.123. The number of fused-ring (bicyclic) bond motifs is 1. The molecule has 1 atom stereocenters. The quantitative estimate of drug-likeness (QED) is 0.791. The van der Waals surface area contributed by atoms with E-state index >= 15 is 0 Å². The second-order valence-electron chi connectivity index (χ2n) is 7.43. The molecular formula is C18H24N6O. The number of hydrogen-bond donors (Lipinski definition) is 1. The molecule has 0 unspecified atom stereocenters. The zero-order valence-electron chi connectivity index (χ0n) is 15.3. The molecule has 132 valence electrons. The largest absolute Gasteiger partial charge is 0.347 e. The molecule has 3 aromatic rings. The molecule has 0 bridgehead atoms. The number of amides is 1. The van der Waals surface area contributed by atoms with Gasteiger partial charge in [-0.3, -0.25) is 9.48 Å². The molecule has 0 aliphatic heterocycles. The third-order valence-corrected chi connectivity index (χ3v) is 4.21. The average Bonchev–Trinajstić information content (AvgIpc) is 3.09. The molecule has 3 aromatic heterocycles. The summed E-state index contributed by atoms with van der Waals surface area (Å²) in [4.78, 5) is 17.0. The highest BCUT2D eigenvalue weighted by atomic mass is 16.2. The third kappa shape index (κ3) is 3.55. The van der Waals surface area contributed by atoms with E-state index in [1.54, 1.807) is 21.8 Å². The summed E-state index contributed by atoms with van der Waals surface area (Å²) in [5.74, 6) is -0.0983. The molecule has 7 nitrogen and oxygen atoms in total. The van der Waals surface area contributed by atoms with Gasteiger partial charge in [0, 0.05) is 30.4 Å². The Labute approximate surface area is 147 Å². The number of rotatable bonds is 4. The van der Waals surface area contributed by atoms with Crippen molar-refractivity contribution in [1.29, 1.82) is 0 Å². The SMILES string of the molecule is Cc1nn(CC(=O)N[C@H](c2cnn(C)c2)C(C)(C)C)c2ncccc12. The van der Waals surface area contributed by atoms with Crippen LogP contribution in [-0.4, -0.2) is 30.5 Å². The maximum absolute atomic E-state index is 12.7. The first-order valence-corrected chi connectivity index (χ1v) is 8.32. The zero-order chi connectivity index (χ0) is 18.2. The molecule has 3 rings (SSSR count). The molecular weight excluding hydrogens is 316 g/mol. The fourth-order valence-corrected chi connectivity index (χ4v) is 3.01. The number of nitrogens with one attached hydrogen (secondary N) is 1. The summed E-state index contributed by atoms with van der Waals surface area (Å²) in [7, 11) is 1.87. The number of aryl methyl sites for hydroxylation is 2. The Bertz CT molecular complexity index is 902.